The first-order chi connectivity index (χ1) is 15.7. The average molecular weight is 438 g/mol. The molecule has 0 radical (unpaired) electrons. The molecule has 3 aliphatic heterocycles. The summed E-state index contributed by atoms with van der Waals surface area (Å²) in [6.45, 7) is 4.14. The van der Waals surface area contributed by atoms with Gasteiger partial charge in [0, 0.05) is 26.2 Å². The molecule has 2 aromatic rings. The predicted molar refractivity (Wildman–Crippen MR) is 115 cm³/mol. The third kappa shape index (κ3) is 4.87. The number of carbonyl (C=O) groups is 2. The highest BCUT2D eigenvalue weighted by Crippen LogP contribution is 2.25. The molecule has 2 unspecified atom stereocenters. The SMILES string of the molecule is O=C(c1ccccc1OCC1CO1)N1CCN(C(=O)c2ccccc2OCC2CO2)CC1. The van der Waals surface area contributed by atoms with Gasteiger partial charge in [-0.1, -0.05) is 24.3 Å². The van der Waals surface area contributed by atoms with Gasteiger partial charge in [-0.15, -0.1) is 0 Å². The van der Waals surface area contributed by atoms with Gasteiger partial charge in [0.05, 0.1) is 24.3 Å². The fourth-order valence-electron chi connectivity index (χ4n) is 3.69. The second-order valence-electron chi connectivity index (χ2n) is 8.11. The first-order valence-corrected chi connectivity index (χ1v) is 10.9. The largest absolute Gasteiger partial charge is 0.490 e. The molecule has 8 heteroatoms. The molecule has 0 aliphatic carbocycles. The molecule has 2 atom stereocenters. The van der Waals surface area contributed by atoms with Gasteiger partial charge >= 0.3 is 0 Å². The summed E-state index contributed by atoms with van der Waals surface area (Å²) in [5, 5.41) is 0. The summed E-state index contributed by atoms with van der Waals surface area (Å²) < 4.78 is 21.9. The summed E-state index contributed by atoms with van der Waals surface area (Å²) in [5.74, 6) is 0.963. The summed E-state index contributed by atoms with van der Waals surface area (Å²) in [7, 11) is 0. The zero-order valence-corrected chi connectivity index (χ0v) is 17.8. The third-order valence-corrected chi connectivity index (χ3v) is 5.74. The first-order valence-electron chi connectivity index (χ1n) is 10.9. The van der Waals surface area contributed by atoms with E-state index in [9.17, 15) is 9.59 Å². The van der Waals surface area contributed by atoms with Crippen LogP contribution in [0.1, 0.15) is 20.7 Å². The zero-order valence-electron chi connectivity index (χ0n) is 17.8. The summed E-state index contributed by atoms with van der Waals surface area (Å²) in [6, 6.07) is 14.5. The Morgan fingerprint density at radius 1 is 0.719 bits per heavy atom. The topological polar surface area (TPSA) is 84.1 Å². The Labute approximate surface area is 186 Å². The van der Waals surface area contributed by atoms with Crippen molar-refractivity contribution in [2.75, 3.05) is 52.6 Å². The predicted octanol–water partition coefficient (Wildman–Crippen LogP) is 1.84. The molecule has 2 aromatic carbocycles. The minimum Gasteiger partial charge on any atom is -0.490 e. The molecule has 168 valence electrons. The van der Waals surface area contributed by atoms with Crippen molar-refractivity contribution in [2.45, 2.75) is 12.2 Å². The van der Waals surface area contributed by atoms with E-state index in [1.54, 1.807) is 34.1 Å². The summed E-state index contributed by atoms with van der Waals surface area (Å²) >= 11 is 0. The number of hydrogen-bond donors (Lipinski definition) is 0. The van der Waals surface area contributed by atoms with Crippen molar-refractivity contribution < 1.29 is 28.5 Å². The number of para-hydroxylation sites is 2. The number of amides is 2. The van der Waals surface area contributed by atoms with Crippen LogP contribution in [0.4, 0.5) is 0 Å². The Bertz CT molecular complexity index is 900. The van der Waals surface area contributed by atoms with Gasteiger partial charge in [-0.2, -0.15) is 0 Å². The van der Waals surface area contributed by atoms with Crippen LogP contribution < -0.4 is 9.47 Å². The van der Waals surface area contributed by atoms with Crippen molar-refractivity contribution >= 4 is 11.8 Å². The number of hydrogen-bond acceptors (Lipinski definition) is 6. The van der Waals surface area contributed by atoms with Crippen molar-refractivity contribution in [1.82, 2.24) is 9.80 Å². The molecule has 0 spiro atoms. The number of nitrogens with zero attached hydrogens (tertiary/aromatic N) is 2. The Kier molecular flexibility index (Phi) is 5.96. The summed E-state index contributed by atoms with van der Waals surface area (Å²) in [5.41, 5.74) is 1.07. The number of ether oxygens (including phenoxy) is 4. The van der Waals surface area contributed by atoms with Gasteiger partial charge in [0.2, 0.25) is 0 Å². The van der Waals surface area contributed by atoms with E-state index >= 15 is 0 Å². The fourth-order valence-corrected chi connectivity index (χ4v) is 3.69. The van der Waals surface area contributed by atoms with Crippen molar-refractivity contribution in [3.63, 3.8) is 0 Å². The van der Waals surface area contributed by atoms with Crippen molar-refractivity contribution in [3.05, 3.63) is 59.7 Å². The maximum Gasteiger partial charge on any atom is 0.257 e. The number of rotatable bonds is 8. The highest BCUT2D eigenvalue weighted by atomic mass is 16.6. The van der Waals surface area contributed by atoms with Crippen LogP contribution in [0.3, 0.4) is 0 Å². The highest BCUT2D eigenvalue weighted by Gasteiger charge is 2.30. The van der Waals surface area contributed by atoms with E-state index in [0.717, 1.165) is 0 Å². The summed E-state index contributed by atoms with van der Waals surface area (Å²) in [6.07, 6.45) is 0.243. The van der Waals surface area contributed by atoms with Crippen LogP contribution >= 0.6 is 0 Å². The van der Waals surface area contributed by atoms with Crippen LogP contribution in [-0.2, 0) is 9.47 Å². The minimum atomic E-state index is -0.0856. The molecule has 3 fully saturated rings. The van der Waals surface area contributed by atoms with Crippen molar-refractivity contribution in [2.24, 2.45) is 0 Å². The molecular weight excluding hydrogens is 412 g/mol. The standard InChI is InChI=1S/C24H26N2O6/c27-23(19-5-1-3-7-21(19)31-15-17-13-29-17)25-9-11-26(12-10-25)24(28)20-6-2-4-8-22(20)32-16-18-14-30-18/h1-8,17-18H,9-16H2. The molecular formula is C24H26N2O6. The normalized spacial score (nSPS) is 21.8. The lowest BCUT2D eigenvalue weighted by Gasteiger charge is -2.35. The van der Waals surface area contributed by atoms with E-state index in [4.69, 9.17) is 18.9 Å². The van der Waals surface area contributed by atoms with E-state index < -0.39 is 0 Å². The van der Waals surface area contributed by atoms with Crippen LogP contribution in [-0.4, -0.2) is 86.4 Å². The quantitative estimate of drug-likeness (QED) is 0.585. The molecule has 0 N–H and O–H groups in total. The molecule has 3 saturated heterocycles. The summed E-state index contributed by atoms with van der Waals surface area (Å²) in [4.78, 5) is 29.8. The smallest absolute Gasteiger partial charge is 0.257 e. The minimum absolute atomic E-state index is 0.0856. The van der Waals surface area contributed by atoms with Gasteiger partial charge in [0.15, 0.2) is 0 Å². The molecule has 32 heavy (non-hydrogen) atoms. The molecule has 0 bridgehead atoms. The molecule has 3 aliphatic rings. The molecule has 8 nitrogen and oxygen atoms in total. The number of carbonyl (C=O) groups excluding carboxylic acids is 2. The van der Waals surface area contributed by atoms with Crippen LogP contribution in [0.25, 0.3) is 0 Å². The van der Waals surface area contributed by atoms with E-state index in [-0.39, 0.29) is 24.0 Å². The van der Waals surface area contributed by atoms with Gasteiger partial charge in [-0.3, -0.25) is 9.59 Å². The van der Waals surface area contributed by atoms with Crippen LogP contribution in [0.15, 0.2) is 48.5 Å². The fraction of sp³-hybridized carbons (Fsp3) is 0.417. The van der Waals surface area contributed by atoms with Gasteiger partial charge < -0.3 is 28.7 Å². The Balaban J connectivity index is 1.20. The van der Waals surface area contributed by atoms with E-state index in [2.05, 4.69) is 0 Å². The van der Waals surface area contributed by atoms with Crippen LogP contribution in [0, 0.1) is 0 Å². The van der Waals surface area contributed by atoms with E-state index in [0.29, 0.717) is 75.2 Å². The van der Waals surface area contributed by atoms with Gasteiger partial charge in [-0.05, 0) is 24.3 Å². The lowest BCUT2D eigenvalue weighted by Crippen LogP contribution is -2.50. The molecule has 3 heterocycles. The molecule has 0 saturated carbocycles. The van der Waals surface area contributed by atoms with E-state index in [1.165, 1.54) is 0 Å². The number of piperazine rings is 1. The Hall–Kier alpha value is -3.10. The molecule has 5 rings (SSSR count). The Morgan fingerprint density at radius 3 is 1.47 bits per heavy atom. The molecule has 0 aromatic heterocycles. The first kappa shape index (κ1) is 20.8. The Morgan fingerprint density at radius 2 is 1.09 bits per heavy atom. The molecule has 2 amide bonds. The maximum absolute atomic E-state index is 13.1. The van der Waals surface area contributed by atoms with E-state index in [1.807, 2.05) is 24.3 Å². The zero-order chi connectivity index (χ0) is 21.9. The van der Waals surface area contributed by atoms with Gasteiger partial charge in [0.25, 0.3) is 11.8 Å². The van der Waals surface area contributed by atoms with Crippen molar-refractivity contribution in [1.29, 1.82) is 0 Å². The lowest BCUT2D eigenvalue weighted by atomic mass is 10.1. The van der Waals surface area contributed by atoms with Crippen LogP contribution in [0.5, 0.6) is 11.5 Å². The number of benzene rings is 2. The highest BCUT2D eigenvalue weighted by molar-refractivity contribution is 5.98. The van der Waals surface area contributed by atoms with Gasteiger partial charge in [0.1, 0.15) is 36.9 Å². The van der Waals surface area contributed by atoms with Gasteiger partial charge in [-0.25, -0.2) is 0 Å². The van der Waals surface area contributed by atoms with Crippen LogP contribution in [0.2, 0.25) is 0 Å². The maximum atomic E-state index is 13.1. The average Bonchev–Trinajstić information content (AvgIpc) is 3.76. The third-order valence-electron chi connectivity index (χ3n) is 5.74. The lowest BCUT2D eigenvalue weighted by molar-refractivity contribution is 0.0530. The van der Waals surface area contributed by atoms with Crippen molar-refractivity contribution in [3.8, 4) is 11.5 Å². The second kappa shape index (κ2) is 9.18. The monoisotopic (exact) mass is 438 g/mol. The second-order valence-corrected chi connectivity index (χ2v) is 8.11. The number of epoxide rings is 2.